The number of hydrogen-bond acceptors (Lipinski definition) is 6. The SMILES string of the molecule is COC(=O)c1c(C)[nH]c(C(=O)COC(=O)COc2ccc(C)c(C)c2)c1C. The van der Waals surface area contributed by atoms with Crippen molar-refractivity contribution in [2.75, 3.05) is 20.3 Å². The Labute approximate surface area is 157 Å². The molecule has 0 aliphatic carbocycles. The number of benzene rings is 1. The number of carbonyl (C=O) groups excluding carboxylic acids is 3. The number of nitrogens with one attached hydrogen (secondary N) is 1. The maximum absolute atomic E-state index is 12.3. The van der Waals surface area contributed by atoms with Crippen LogP contribution in [0, 0.1) is 27.7 Å². The number of aryl methyl sites for hydroxylation is 3. The van der Waals surface area contributed by atoms with E-state index in [-0.39, 0.29) is 12.3 Å². The Morgan fingerprint density at radius 2 is 1.70 bits per heavy atom. The number of ether oxygens (including phenoxy) is 3. The zero-order chi connectivity index (χ0) is 20.1. The van der Waals surface area contributed by atoms with Crippen LogP contribution in [0.1, 0.15) is 43.2 Å². The first-order valence-electron chi connectivity index (χ1n) is 8.41. The highest BCUT2D eigenvalue weighted by Crippen LogP contribution is 2.19. The van der Waals surface area contributed by atoms with E-state index in [1.54, 1.807) is 19.9 Å². The Morgan fingerprint density at radius 1 is 1.00 bits per heavy atom. The van der Waals surface area contributed by atoms with Crippen molar-refractivity contribution in [2.24, 2.45) is 0 Å². The molecule has 144 valence electrons. The summed E-state index contributed by atoms with van der Waals surface area (Å²) in [4.78, 5) is 38.7. The van der Waals surface area contributed by atoms with Gasteiger partial charge in [-0.05, 0) is 56.5 Å². The highest BCUT2D eigenvalue weighted by molar-refractivity contribution is 6.02. The van der Waals surface area contributed by atoms with Gasteiger partial charge in [-0.1, -0.05) is 6.07 Å². The number of hydrogen-bond donors (Lipinski definition) is 1. The van der Waals surface area contributed by atoms with Gasteiger partial charge in [-0.25, -0.2) is 9.59 Å². The van der Waals surface area contributed by atoms with Crippen LogP contribution in [0.5, 0.6) is 5.75 Å². The molecule has 0 atom stereocenters. The van der Waals surface area contributed by atoms with E-state index in [0.29, 0.717) is 22.6 Å². The van der Waals surface area contributed by atoms with Gasteiger partial charge in [0, 0.05) is 5.69 Å². The fraction of sp³-hybridized carbons (Fsp3) is 0.350. The van der Waals surface area contributed by atoms with Crippen molar-refractivity contribution in [3.63, 3.8) is 0 Å². The monoisotopic (exact) mass is 373 g/mol. The molecule has 0 fully saturated rings. The van der Waals surface area contributed by atoms with Crippen molar-refractivity contribution < 1.29 is 28.6 Å². The van der Waals surface area contributed by atoms with Gasteiger partial charge < -0.3 is 19.2 Å². The Hall–Kier alpha value is -3.09. The fourth-order valence-electron chi connectivity index (χ4n) is 2.64. The van der Waals surface area contributed by atoms with Crippen LogP contribution in [0.3, 0.4) is 0 Å². The highest BCUT2D eigenvalue weighted by Gasteiger charge is 2.23. The van der Waals surface area contributed by atoms with E-state index in [0.717, 1.165) is 11.1 Å². The van der Waals surface area contributed by atoms with Gasteiger partial charge in [0.1, 0.15) is 5.75 Å². The number of rotatable bonds is 7. The number of carbonyl (C=O) groups is 3. The molecular formula is C20H23NO6. The normalized spacial score (nSPS) is 10.4. The predicted octanol–water partition coefficient (Wildman–Crippen LogP) is 2.84. The van der Waals surface area contributed by atoms with Crippen LogP contribution < -0.4 is 4.74 Å². The van der Waals surface area contributed by atoms with Gasteiger partial charge >= 0.3 is 11.9 Å². The number of H-pyrrole nitrogens is 1. The van der Waals surface area contributed by atoms with Gasteiger partial charge in [0.05, 0.1) is 18.4 Å². The maximum atomic E-state index is 12.3. The molecule has 7 heteroatoms. The lowest BCUT2D eigenvalue weighted by Gasteiger charge is -2.08. The molecule has 1 aromatic heterocycles. The first kappa shape index (κ1) is 20.2. The minimum Gasteiger partial charge on any atom is -0.482 e. The molecule has 0 radical (unpaired) electrons. The molecule has 0 aliphatic rings. The molecule has 0 unspecified atom stereocenters. The van der Waals surface area contributed by atoms with Crippen LogP contribution in [0.2, 0.25) is 0 Å². The molecule has 1 aromatic carbocycles. The van der Waals surface area contributed by atoms with Gasteiger partial charge in [0.15, 0.2) is 13.2 Å². The topological polar surface area (TPSA) is 94.7 Å². The molecule has 2 aromatic rings. The van der Waals surface area contributed by atoms with Gasteiger partial charge in [-0.2, -0.15) is 0 Å². The van der Waals surface area contributed by atoms with Crippen molar-refractivity contribution in [2.45, 2.75) is 27.7 Å². The molecular weight excluding hydrogens is 350 g/mol. The number of esters is 2. The average molecular weight is 373 g/mol. The molecule has 0 amide bonds. The quantitative estimate of drug-likeness (QED) is 0.592. The second-order valence-electron chi connectivity index (χ2n) is 6.24. The number of aromatic amines is 1. The average Bonchev–Trinajstić information content (AvgIpc) is 2.94. The Bertz CT molecular complexity index is 881. The smallest absolute Gasteiger partial charge is 0.344 e. The van der Waals surface area contributed by atoms with Gasteiger partial charge in [0.25, 0.3) is 0 Å². The van der Waals surface area contributed by atoms with Crippen molar-refractivity contribution in [3.05, 3.63) is 51.8 Å². The third-order valence-corrected chi connectivity index (χ3v) is 4.31. The molecule has 0 saturated heterocycles. The Kier molecular flexibility index (Phi) is 6.39. The minimum absolute atomic E-state index is 0.218. The highest BCUT2D eigenvalue weighted by atomic mass is 16.6. The summed E-state index contributed by atoms with van der Waals surface area (Å²) in [5, 5.41) is 0. The van der Waals surface area contributed by atoms with Crippen molar-refractivity contribution >= 4 is 17.7 Å². The molecule has 0 bridgehead atoms. The standard InChI is InChI=1S/C20H23NO6/c1-11-6-7-15(8-12(11)2)26-10-17(23)27-9-16(22)19-13(3)18(14(4)21-19)20(24)25-5/h6-8,21H,9-10H2,1-5H3. The van der Waals surface area contributed by atoms with E-state index < -0.39 is 24.3 Å². The first-order chi connectivity index (χ1) is 12.7. The third-order valence-electron chi connectivity index (χ3n) is 4.31. The van der Waals surface area contributed by atoms with Gasteiger partial charge in [-0.15, -0.1) is 0 Å². The molecule has 7 nitrogen and oxygen atoms in total. The predicted molar refractivity (Wildman–Crippen MR) is 98.3 cm³/mol. The summed E-state index contributed by atoms with van der Waals surface area (Å²) >= 11 is 0. The second-order valence-corrected chi connectivity index (χ2v) is 6.24. The zero-order valence-corrected chi connectivity index (χ0v) is 16.1. The summed E-state index contributed by atoms with van der Waals surface area (Å²) in [5.41, 5.74) is 3.69. The Morgan fingerprint density at radius 3 is 2.33 bits per heavy atom. The summed E-state index contributed by atoms with van der Waals surface area (Å²) in [5.74, 6) is -1.07. The van der Waals surface area contributed by atoms with Crippen molar-refractivity contribution in [1.82, 2.24) is 4.98 Å². The zero-order valence-electron chi connectivity index (χ0n) is 16.1. The van der Waals surface area contributed by atoms with E-state index in [4.69, 9.17) is 14.2 Å². The summed E-state index contributed by atoms with van der Waals surface area (Å²) in [7, 11) is 1.27. The molecule has 2 rings (SSSR count). The van der Waals surface area contributed by atoms with Gasteiger partial charge in [-0.3, -0.25) is 4.79 Å². The van der Waals surface area contributed by atoms with Gasteiger partial charge in [0.2, 0.25) is 5.78 Å². The second kappa shape index (κ2) is 8.53. The van der Waals surface area contributed by atoms with Crippen molar-refractivity contribution in [3.8, 4) is 5.75 Å². The third kappa shape index (κ3) is 4.75. The summed E-state index contributed by atoms with van der Waals surface area (Å²) in [6, 6.07) is 5.49. The lowest BCUT2D eigenvalue weighted by Crippen LogP contribution is -2.20. The molecule has 1 N–H and O–H groups in total. The lowest BCUT2D eigenvalue weighted by molar-refractivity contribution is -0.144. The summed E-state index contributed by atoms with van der Waals surface area (Å²) < 4.78 is 15.1. The molecule has 0 saturated carbocycles. The first-order valence-corrected chi connectivity index (χ1v) is 8.41. The van der Waals surface area contributed by atoms with Crippen LogP contribution in [-0.4, -0.2) is 43.0 Å². The molecule has 1 heterocycles. The van der Waals surface area contributed by atoms with E-state index in [1.807, 2.05) is 26.0 Å². The van der Waals surface area contributed by atoms with E-state index in [1.165, 1.54) is 7.11 Å². The number of Topliss-reactive ketones (excluding diaryl/α,β-unsaturated/α-hetero) is 1. The van der Waals surface area contributed by atoms with Crippen molar-refractivity contribution in [1.29, 1.82) is 0 Å². The van der Waals surface area contributed by atoms with Crippen LogP contribution in [-0.2, 0) is 14.3 Å². The maximum Gasteiger partial charge on any atom is 0.344 e. The van der Waals surface area contributed by atoms with Crippen LogP contribution in [0.25, 0.3) is 0 Å². The minimum atomic E-state index is -0.657. The lowest BCUT2D eigenvalue weighted by atomic mass is 10.1. The van der Waals surface area contributed by atoms with E-state index in [2.05, 4.69) is 4.98 Å². The van der Waals surface area contributed by atoms with Crippen LogP contribution in [0.4, 0.5) is 0 Å². The molecule has 0 aliphatic heterocycles. The molecule has 27 heavy (non-hydrogen) atoms. The van der Waals surface area contributed by atoms with Crippen LogP contribution in [0.15, 0.2) is 18.2 Å². The number of aromatic nitrogens is 1. The Balaban J connectivity index is 1.92. The van der Waals surface area contributed by atoms with E-state index >= 15 is 0 Å². The van der Waals surface area contributed by atoms with Crippen LogP contribution >= 0.6 is 0 Å². The number of methoxy groups -OCH3 is 1. The summed E-state index contributed by atoms with van der Waals surface area (Å²) in [6.45, 7) is 6.48. The largest absolute Gasteiger partial charge is 0.482 e. The number of ketones is 1. The fourth-order valence-corrected chi connectivity index (χ4v) is 2.64. The molecule has 0 spiro atoms. The van der Waals surface area contributed by atoms with E-state index in [9.17, 15) is 14.4 Å². The summed E-state index contributed by atoms with van der Waals surface area (Å²) in [6.07, 6.45) is 0.